The van der Waals surface area contributed by atoms with Crippen molar-refractivity contribution in [3.05, 3.63) is 41.2 Å². The Morgan fingerprint density at radius 2 is 1.67 bits per heavy atom. The molecule has 1 aromatic heterocycles. The van der Waals surface area contributed by atoms with Crippen LogP contribution in [0.5, 0.6) is 0 Å². The Bertz CT molecular complexity index is 982. The lowest BCUT2D eigenvalue weighted by Crippen LogP contribution is -2.52. The maximum Gasteiger partial charge on any atom is 0.148 e. The molecule has 0 spiro atoms. The van der Waals surface area contributed by atoms with E-state index in [-0.39, 0.29) is 17.0 Å². The Morgan fingerprint density at radius 3 is 2.27 bits per heavy atom. The molecule has 2 aliphatic heterocycles. The number of likely N-dealkylation sites (tertiary alicyclic amines) is 1. The van der Waals surface area contributed by atoms with Gasteiger partial charge < -0.3 is 10.1 Å². The van der Waals surface area contributed by atoms with Crippen LogP contribution >= 0.6 is 11.6 Å². The highest BCUT2D eigenvalue weighted by atomic mass is 35.5. The zero-order valence-corrected chi connectivity index (χ0v) is 20.7. The molecule has 1 saturated carbocycles. The van der Waals surface area contributed by atoms with Crippen LogP contribution < -0.4 is 5.32 Å². The van der Waals surface area contributed by atoms with Gasteiger partial charge in [0.1, 0.15) is 11.6 Å². The fourth-order valence-electron chi connectivity index (χ4n) is 6.50. The molecule has 0 bridgehead atoms. The average Bonchev–Trinajstić information content (AvgIpc) is 3.27. The van der Waals surface area contributed by atoms with Crippen LogP contribution in [0.15, 0.2) is 30.3 Å². The van der Waals surface area contributed by atoms with Gasteiger partial charge in [-0.3, -0.25) is 4.90 Å². The van der Waals surface area contributed by atoms with Crippen molar-refractivity contribution in [2.75, 3.05) is 18.4 Å². The summed E-state index contributed by atoms with van der Waals surface area (Å²) in [6, 6.07) is 9.07. The van der Waals surface area contributed by atoms with Gasteiger partial charge in [0.25, 0.3) is 0 Å². The van der Waals surface area contributed by atoms with E-state index in [1.807, 2.05) is 12.1 Å². The van der Waals surface area contributed by atoms with Gasteiger partial charge in [0.2, 0.25) is 0 Å². The second kappa shape index (κ2) is 8.47. The maximum absolute atomic E-state index is 13.6. The van der Waals surface area contributed by atoms with Crippen LogP contribution in [0.1, 0.15) is 53.4 Å². The van der Waals surface area contributed by atoms with Crippen LogP contribution in [0, 0.1) is 17.7 Å². The van der Waals surface area contributed by atoms with E-state index in [9.17, 15) is 4.39 Å². The third-order valence-electron chi connectivity index (χ3n) is 7.52. The normalized spacial score (nSPS) is 29.2. The number of nitrogens with one attached hydrogen (secondary N) is 1. The molecule has 2 atom stereocenters. The van der Waals surface area contributed by atoms with E-state index in [4.69, 9.17) is 16.3 Å². The second-order valence-corrected chi connectivity index (χ2v) is 11.8. The second-order valence-electron chi connectivity index (χ2n) is 11.4. The van der Waals surface area contributed by atoms with Crippen molar-refractivity contribution >= 4 is 17.4 Å². The lowest BCUT2D eigenvalue weighted by molar-refractivity contribution is -0.176. The number of aromatic nitrogens is 2. The first-order valence-corrected chi connectivity index (χ1v) is 12.4. The minimum Gasteiger partial charge on any atom is -0.370 e. The van der Waals surface area contributed by atoms with E-state index in [1.165, 1.54) is 25.2 Å². The van der Waals surface area contributed by atoms with Gasteiger partial charge >= 0.3 is 0 Å². The third kappa shape index (κ3) is 5.03. The predicted octanol–water partition coefficient (Wildman–Crippen LogP) is 5.79. The summed E-state index contributed by atoms with van der Waals surface area (Å²) in [7, 11) is 0. The summed E-state index contributed by atoms with van der Waals surface area (Å²) in [6.45, 7) is 11.3. The van der Waals surface area contributed by atoms with E-state index >= 15 is 0 Å². The minimum absolute atomic E-state index is 0.0607. The zero-order chi connectivity index (χ0) is 23.4. The summed E-state index contributed by atoms with van der Waals surface area (Å²) in [5, 5.41) is 12.7. The summed E-state index contributed by atoms with van der Waals surface area (Å²) >= 11 is 6.20. The fourth-order valence-corrected chi connectivity index (χ4v) is 6.72. The molecule has 0 radical (unpaired) electrons. The Morgan fingerprint density at radius 1 is 1.00 bits per heavy atom. The molecule has 3 aliphatic rings. The molecule has 1 aliphatic carbocycles. The molecule has 2 unspecified atom stereocenters. The van der Waals surface area contributed by atoms with Gasteiger partial charge in [-0.15, -0.1) is 10.2 Å². The lowest BCUT2D eigenvalue weighted by atomic mass is 9.84. The highest BCUT2D eigenvalue weighted by Crippen LogP contribution is 2.44. The summed E-state index contributed by atoms with van der Waals surface area (Å²) in [5.41, 5.74) is 1.01. The van der Waals surface area contributed by atoms with Gasteiger partial charge in [-0.25, -0.2) is 4.39 Å². The molecule has 0 amide bonds. The van der Waals surface area contributed by atoms with Crippen LogP contribution in [0.4, 0.5) is 10.2 Å². The van der Waals surface area contributed by atoms with Gasteiger partial charge in [-0.1, -0.05) is 11.6 Å². The molecule has 3 fully saturated rings. The summed E-state index contributed by atoms with van der Waals surface area (Å²) < 4.78 is 19.9. The van der Waals surface area contributed by atoms with Crippen molar-refractivity contribution in [1.29, 1.82) is 0 Å². The Hall–Kier alpha value is -1.76. The first kappa shape index (κ1) is 23.0. The molecule has 3 heterocycles. The summed E-state index contributed by atoms with van der Waals surface area (Å²) in [5.74, 6) is 1.89. The topological polar surface area (TPSA) is 50.3 Å². The smallest absolute Gasteiger partial charge is 0.148 e. The van der Waals surface area contributed by atoms with Gasteiger partial charge in [0.15, 0.2) is 0 Å². The SMILES string of the molecule is CC1(C)CC(N2CC3CC(Nc4ccc(-c5cc(F)ccc5Cl)nn4)CC3C2)CC(C)(C)O1. The van der Waals surface area contributed by atoms with Crippen molar-refractivity contribution in [3.63, 3.8) is 0 Å². The highest BCUT2D eigenvalue weighted by molar-refractivity contribution is 6.33. The van der Waals surface area contributed by atoms with Gasteiger partial charge in [-0.05, 0) is 95.5 Å². The number of halogens is 2. The molecule has 33 heavy (non-hydrogen) atoms. The number of anilines is 1. The number of hydrogen-bond donors (Lipinski definition) is 1. The van der Waals surface area contributed by atoms with E-state index in [0.717, 1.165) is 43.3 Å². The number of rotatable bonds is 4. The van der Waals surface area contributed by atoms with Crippen LogP contribution in [0.2, 0.25) is 5.02 Å². The van der Waals surface area contributed by atoms with Gasteiger partial charge in [0, 0.05) is 30.7 Å². The van der Waals surface area contributed by atoms with E-state index < -0.39 is 0 Å². The number of nitrogens with zero attached hydrogens (tertiary/aromatic N) is 3. The van der Waals surface area contributed by atoms with Gasteiger partial charge in [0.05, 0.1) is 21.9 Å². The third-order valence-corrected chi connectivity index (χ3v) is 7.85. The Balaban J connectivity index is 1.18. The highest BCUT2D eigenvalue weighted by Gasteiger charge is 2.47. The molecule has 2 aromatic rings. The van der Waals surface area contributed by atoms with Crippen molar-refractivity contribution in [1.82, 2.24) is 15.1 Å². The number of hydrogen-bond acceptors (Lipinski definition) is 5. The van der Waals surface area contributed by atoms with E-state index in [1.54, 1.807) is 6.07 Å². The lowest BCUT2D eigenvalue weighted by Gasteiger charge is -2.48. The predicted molar refractivity (Wildman–Crippen MR) is 130 cm³/mol. The molecule has 5 nitrogen and oxygen atoms in total. The van der Waals surface area contributed by atoms with Crippen molar-refractivity contribution in [2.24, 2.45) is 11.8 Å². The van der Waals surface area contributed by atoms with Crippen molar-refractivity contribution < 1.29 is 9.13 Å². The standard InChI is InChI=1S/C26H34ClFN4O/c1-25(2)12-20(13-26(3,4)33-25)32-14-16-9-19(10-17(16)15-32)29-24-8-7-23(30-31-24)21-11-18(28)5-6-22(21)27/h5-8,11,16-17,19-20H,9-10,12-15H2,1-4H3,(H,29,31). The van der Waals surface area contributed by atoms with E-state index in [2.05, 4.69) is 48.1 Å². The zero-order valence-electron chi connectivity index (χ0n) is 19.9. The quantitative estimate of drug-likeness (QED) is 0.609. The molecular weight excluding hydrogens is 439 g/mol. The summed E-state index contributed by atoms with van der Waals surface area (Å²) in [4.78, 5) is 2.73. The Labute approximate surface area is 201 Å². The number of fused-ring (bicyclic) bond motifs is 1. The fraction of sp³-hybridized carbons (Fsp3) is 0.615. The molecule has 5 rings (SSSR count). The molecule has 1 aromatic carbocycles. The Kier molecular flexibility index (Phi) is 5.91. The van der Waals surface area contributed by atoms with Crippen LogP contribution in [0.3, 0.4) is 0 Å². The average molecular weight is 473 g/mol. The first-order chi connectivity index (χ1) is 15.6. The minimum atomic E-state index is -0.335. The molecule has 2 saturated heterocycles. The summed E-state index contributed by atoms with van der Waals surface area (Å²) in [6.07, 6.45) is 4.54. The number of ether oxygens (including phenoxy) is 1. The van der Waals surface area contributed by atoms with Gasteiger partial charge in [-0.2, -0.15) is 0 Å². The molecule has 178 valence electrons. The maximum atomic E-state index is 13.6. The molecular formula is C26H34ClFN4O. The molecule has 7 heteroatoms. The monoisotopic (exact) mass is 472 g/mol. The largest absolute Gasteiger partial charge is 0.370 e. The first-order valence-electron chi connectivity index (χ1n) is 12.1. The van der Waals surface area contributed by atoms with Crippen molar-refractivity contribution in [3.8, 4) is 11.3 Å². The number of benzene rings is 1. The van der Waals surface area contributed by atoms with Crippen LogP contribution in [-0.2, 0) is 4.74 Å². The molecule has 1 N–H and O–H groups in total. The van der Waals surface area contributed by atoms with Crippen LogP contribution in [-0.4, -0.2) is 51.5 Å². The van der Waals surface area contributed by atoms with Crippen LogP contribution in [0.25, 0.3) is 11.3 Å². The van der Waals surface area contributed by atoms with Crippen molar-refractivity contribution in [2.45, 2.75) is 76.7 Å². The van der Waals surface area contributed by atoms with E-state index in [0.29, 0.717) is 28.4 Å².